The van der Waals surface area contributed by atoms with Crippen molar-refractivity contribution in [3.05, 3.63) is 36.9 Å². The Morgan fingerprint density at radius 2 is 1.97 bits per heavy atom. The van der Waals surface area contributed by atoms with Crippen molar-refractivity contribution in [1.29, 1.82) is 0 Å². The first-order chi connectivity index (χ1) is 18.3. The summed E-state index contributed by atoms with van der Waals surface area (Å²) in [6, 6.07) is 6.56. The van der Waals surface area contributed by atoms with Crippen LogP contribution in [0.4, 0.5) is 5.69 Å². The van der Waals surface area contributed by atoms with Gasteiger partial charge in [-0.1, -0.05) is 34.8 Å². The third-order valence-corrected chi connectivity index (χ3v) is 11.1. The summed E-state index contributed by atoms with van der Waals surface area (Å²) in [5, 5.41) is 9.01. The summed E-state index contributed by atoms with van der Waals surface area (Å²) in [6.07, 6.45) is 5.43. The minimum Gasteiger partial charge on any atom is -0.497 e. The topological polar surface area (TPSA) is 96.4 Å². The standard InChI is InChI=1S/C28H37BrN2O6S/c1-4-14-30(18-10-12-19(36-3)13-11-18)26(34)24-28-17-20(29)23(38-28)21(27(35)37-5-2)22(28)25(33)31(24)15-8-6-7-9-16-32/h4,10-13,20-24,32H,1,5-9,14-17H2,2-3H3/t20?,21-,22+,23-,24?,28?/m1/s1. The Morgan fingerprint density at radius 3 is 2.61 bits per heavy atom. The highest BCUT2D eigenvalue weighted by Gasteiger charge is 2.76. The number of alkyl halides is 1. The van der Waals surface area contributed by atoms with Crippen molar-refractivity contribution in [2.45, 2.75) is 59.9 Å². The molecule has 208 valence electrons. The minimum absolute atomic E-state index is 0.000369. The number of halogens is 1. The first kappa shape index (κ1) is 29.0. The van der Waals surface area contributed by atoms with Gasteiger partial charge in [-0.3, -0.25) is 14.4 Å². The molecule has 2 bridgehead atoms. The van der Waals surface area contributed by atoms with Crippen LogP contribution < -0.4 is 9.64 Å². The lowest BCUT2D eigenvalue weighted by molar-refractivity contribution is -0.153. The van der Waals surface area contributed by atoms with Gasteiger partial charge in [-0.15, -0.1) is 18.3 Å². The first-order valence-corrected chi connectivity index (χ1v) is 15.1. The number of nitrogens with zero attached hydrogens (tertiary/aromatic N) is 2. The van der Waals surface area contributed by atoms with Gasteiger partial charge in [-0.2, -0.15) is 0 Å². The van der Waals surface area contributed by atoms with E-state index in [4.69, 9.17) is 14.6 Å². The fourth-order valence-corrected chi connectivity index (χ4v) is 9.86. The maximum absolute atomic E-state index is 14.5. The molecule has 6 atom stereocenters. The summed E-state index contributed by atoms with van der Waals surface area (Å²) >= 11 is 5.39. The third kappa shape index (κ3) is 5.11. The van der Waals surface area contributed by atoms with E-state index < -0.39 is 22.6 Å². The number of rotatable bonds is 13. The molecule has 3 fully saturated rings. The van der Waals surface area contributed by atoms with Crippen LogP contribution in [0.1, 0.15) is 39.0 Å². The van der Waals surface area contributed by atoms with Gasteiger partial charge in [-0.05, 0) is 50.5 Å². The SMILES string of the molecule is C=CCN(C(=O)C1N(CCCCCCO)C(=O)[C@@H]2[C@@H](C(=O)OCC)[C@@H]3SC12CC3Br)c1ccc(OC)cc1. The van der Waals surface area contributed by atoms with Crippen molar-refractivity contribution < 1.29 is 29.0 Å². The van der Waals surface area contributed by atoms with Crippen LogP contribution in [0.25, 0.3) is 0 Å². The third-order valence-electron chi connectivity index (χ3n) is 7.85. The Hall–Kier alpha value is -2.04. The molecular weight excluding hydrogens is 572 g/mol. The van der Waals surface area contributed by atoms with Crippen molar-refractivity contribution in [1.82, 2.24) is 4.90 Å². The first-order valence-electron chi connectivity index (χ1n) is 13.3. The molecule has 3 aliphatic rings. The number of unbranched alkanes of at least 4 members (excludes halogenated alkanes) is 3. The summed E-state index contributed by atoms with van der Waals surface area (Å²) in [5.74, 6) is -1.16. The number of likely N-dealkylation sites (tertiary alicyclic amines) is 1. The zero-order chi connectivity index (χ0) is 27.4. The fourth-order valence-electron chi connectivity index (χ4n) is 6.27. The van der Waals surface area contributed by atoms with E-state index in [1.54, 1.807) is 53.8 Å². The molecule has 0 radical (unpaired) electrons. The average molecular weight is 610 g/mol. The van der Waals surface area contributed by atoms with Crippen molar-refractivity contribution in [2.24, 2.45) is 11.8 Å². The van der Waals surface area contributed by atoms with Crippen LogP contribution in [0.15, 0.2) is 36.9 Å². The van der Waals surface area contributed by atoms with Crippen LogP contribution in [0.5, 0.6) is 5.75 Å². The number of esters is 1. The van der Waals surface area contributed by atoms with E-state index in [0.29, 0.717) is 30.8 Å². The number of aliphatic hydroxyl groups excluding tert-OH is 1. The molecule has 1 N–H and O–H groups in total. The number of carbonyl (C=O) groups is 3. The molecule has 0 aromatic heterocycles. The Labute approximate surface area is 237 Å². The summed E-state index contributed by atoms with van der Waals surface area (Å²) in [7, 11) is 1.59. The smallest absolute Gasteiger partial charge is 0.310 e. The lowest BCUT2D eigenvalue weighted by atomic mass is 9.71. The van der Waals surface area contributed by atoms with E-state index >= 15 is 0 Å². The summed E-state index contributed by atoms with van der Waals surface area (Å²) in [4.78, 5) is 45.1. The second-order valence-electron chi connectivity index (χ2n) is 10.0. The number of amides is 2. The second kappa shape index (κ2) is 12.4. The molecule has 3 saturated heterocycles. The van der Waals surface area contributed by atoms with Crippen molar-refractivity contribution >= 4 is 51.2 Å². The van der Waals surface area contributed by atoms with E-state index in [9.17, 15) is 14.4 Å². The number of thioether (sulfide) groups is 1. The predicted octanol–water partition coefficient (Wildman–Crippen LogP) is 3.79. The Bertz CT molecular complexity index is 1040. The number of benzene rings is 1. The molecule has 38 heavy (non-hydrogen) atoms. The second-order valence-corrected chi connectivity index (χ2v) is 12.7. The van der Waals surface area contributed by atoms with Gasteiger partial charge < -0.3 is 24.4 Å². The summed E-state index contributed by atoms with van der Waals surface area (Å²) in [6.45, 7) is 6.73. The van der Waals surface area contributed by atoms with Gasteiger partial charge in [-0.25, -0.2) is 0 Å². The van der Waals surface area contributed by atoms with E-state index in [1.165, 1.54) is 0 Å². The zero-order valence-electron chi connectivity index (χ0n) is 22.0. The van der Waals surface area contributed by atoms with Gasteiger partial charge in [0.2, 0.25) is 5.91 Å². The molecule has 0 aliphatic carbocycles. The Kier molecular flexibility index (Phi) is 9.47. The molecule has 3 aliphatic heterocycles. The molecule has 10 heteroatoms. The van der Waals surface area contributed by atoms with Gasteiger partial charge >= 0.3 is 5.97 Å². The highest BCUT2D eigenvalue weighted by molar-refractivity contribution is 9.09. The zero-order valence-corrected chi connectivity index (χ0v) is 24.4. The van der Waals surface area contributed by atoms with Gasteiger partial charge in [0.25, 0.3) is 5.91 Å². The number of aliphatic hydroxyl groups is 1. The number of ether oxygens (including phenoxy) is 2. The molecule has 0 saturated carbocycles. The number of methoxy groups -OCH3 is 1. The van der Waals surface area contributed by atoms with E-state index in [2.05, 4.69) is 22.5 Å². The van der Waals surface area contributed by atoms with Gasteiger partial charge in [0.15, 0.2) is 0 Å². The lowest BCUT2D eigenvalue weighted by Gasteiger charge is -2.37. The van der Waals surface area contributed by atoms with E-state index in [1.807, 2.05) is 12.1 Å². The molecule has 3 heterocycles. The van der Waals surface area contributed by atoms with Crippen LogP contribution >= 0.6 is 27.7 Å². The van der Waals surface area contributed by atoms with Crippen molar-refractivity contribution in [2.75, 3.05) is 38.3 Å². The van der Waals surface area contributed by atoms with E-state index in [0.717, 1.165) is 19.3 Å². The maximum atomic E-state index is 14.5. The quantitative estimate of drug-likeness (QED) is 0.157. The van der Waals surface area contributed by atoms with Gasteiger partial charge in [0, 0.05) is 35.5 Å². The summed E-state index contributed by atoms with van der Waals surface area (Å²) < 4.78 is 9.99. The monoisotopic (exact) mass is 608 g/mol. The van der Waals surface area contributed by atoms with Crippen molar-refractivity contribution in [3.63, 3.8) is 0 Å². The van der Waals surface area contributed by atoms with Crippen molar-refractivity contribution in [3.8, 4) is 5.75 Å². The molecular formula is C28H37BrN2O6S. The highest BCUT2D eigenvalue weighted by Crippen LogP contribution is 2.68. The number of carbonyl (C=O) groups excluding carboxylic acids is 3. The van der Waals surface area contributed by atoms with Crippen LogP contribution in [0.2, 0.25) is 0 Å². The molecule has 1 aromatic rings. The van der Waals surface area contributed by atoms with E-state index in [-0.39, 0.29) is 47.6 Å². The molecule has 3 unspecified atom stereocenters. The molecule has 1 aromatic carbocycles. The van der Waals surface area contributed by atoms with Crippen LogP contribution in [-0.2, 0) is 19.1 Å². The summed E-state index contributed by atoms with van der Waals surface area (Å²) in [5.41, 5.74) is 0.695. The Morgan fingerprint density at radius 1 is 1.26 bits per heavy atom. The normalized spacial score (nSPS) is 29.3. The maximum Gasteiger partial charge on any atom is 0.310 e. The molecule has 1 spiro atoms. The van der Waals surface area contributed by atoms with Crippen LogP contribution in [0.3, 0.4) is 0 Å². The number of hydrogen-bond donors (Lipinski definition) is 1. The molecule has 4 rings (SSSR count). The number of hydrogen-bond acceptors (Lipinski definition) is 7. The van der Waals surface area contributed by atoms with Gasteiger partial charge in [0.1, 0.15) is 11.8 Å². The van der Waals surface area contributed by atoms with Crippen LogP contribution in [-0.4, -0.2) is 82.1 Å². The molecule has 8 nitrogen and oxygen atoms in total. The largest absolute Gasteiger partial charge is 0.497 e. The highest BCUT2D eigenvalue weighted by atomic mass is 79.9. The number of anilines is 1. The lowest BCUT2D eigenvalue weighted by Crippen LogP contribution is -2.55. The van der Waals surface area contributed by atoms with Crippen LogP contribution in [0, 0.1) is 11.8 Å². The average Bonchev–Trinajstić information content (AvgIpc) is 3.50. The van der Waals surface area contributed by atoms with Gasteiger partial charge in [0.05, 0.1) is 30.3 Å². The predicted molar refractivity (Wildman–Crippen MR) is 152 cm³/mol. The molecule has 2 amide bonds. The minimum atomic E-state index is -0.721. The Balaban J connectivity index is 1.72. The number of fused-ring (bicyclic) bond motifs is 1. The fraction of sp³-hybridized carbons (Fsp3) is 0.607.